The quantitative estimate of drug-likeness (QED) is 0.926. The molecule has 2 aromatic rings. The highest BCUT2D eigenvalue weighted by atomic mass is 19.1. The second-order valence-corrected chi connectivity index (χ2v) is 6.79. The first-order valence-electron chi connectivity index (χ1n) is 8.58. The summed E-state index contributed by atoms with van der Waals surface area (Å²) in [5.74, 6) is -1.37. The second-order valence-electron chi connectivity index (χ2n) is 6.79. The number of amides is 1. The number of halogens is 2. The minimum Gasteiger partial charge on any atom is -0.320 e. The summed E-state index contributed by atoms with van der Waals surface area (Å²) in [4.78, 5) is 14.4. The van der Waals surface area contributed by atoms with Crippen LogP contribution in [0, 0.1) is 11.6 Å². The largest absolute Gasteiger partial charge is 0.320 e. The normalized spacial score (nSPS) is 18.7. The van der Waals surface area contributed by atoms with Crippen LogP contribution in [0.5, 0.6) is 0 Å². The Morgan fingerprint density at radius 2 is 2.00 bits per heavy atom. The van der Waals surface area contributed by atoms with Crippen LogP contribution in [-0.2, 0) is 17.9 Å². The molecule has 2 heterocycles. The van der Waals surface area contributed by atoms with E-state index in [1.54, 1.807) is 6.92 Å². The van der Waals surface area contributed by atoms with Gasteiger partial charge in [-0.25, -0.2) is 8.78 Å². The van der Waals surface area contributed by atoms with E-state index in [4.69, 9.17) is 0 Å². The average molecular weight is 346 g/mol. The monoisotopic (exact) mass is 346 g/mol. The van der Waals surface area contributed by atoms with Gasteiger partial charge in [-0.2, -0.15) is 5.10 Å². The lowest BCUT2D eigenvalue weighted by Gasteiger charge is -2.31. The number of carbonyl (C=O) groups excluding carboxylic acids is 1. The number of hydrogen-bond acceptors (Lipinski definition) is 3. The van der Waals surface area contributed by atoms with E-state index in [9.17, 15) is 13.6 Å². The minimum atomic E-state index is -0.772. The van der Waals surface area contributed by atoms with Crippen LogP contribution in [0.3, 0.4) is 0 Å². The van der Waals surface area contributed by atoms with Gasteiger partial charge in [0.2, 0.25) is 5.91 Å². The van der Waals surface area contributed by atoms with Crippen molar-refractivity contribution in [2.45, 2.75) is 44.8 Å². The highest BCUT2D eigenvalue weighted by molar-refractivity contribution is 5.94. The van der Waals surface area contributed by atoms with Crippen molar-refractivity contribution >= 4 is 11.6 Å². The number of anilines is 1. The Morgan fingerprint density at radius 3 is 2.68 bits per heavy atom. The van der Waals surface area contributed by atoms with Crippen LogP contribution in [0.15, 0.2) is 24.3 Å². The fourth-order valence-corrected chi connectivity index (χ4v) is 3.23. The lowest BCUT2D eigenvalue weighted by Crippen LogP contribution is -2.46. The Hall–Kier alpha value is -2.28. The molecule has 2 aliphatic rings. The summed E-state index contributed by atoms with van der Waals surface area (Å²) in [7, 11) is 0. The Morgan fingerprint density at radius 1 is 1.28 bits per heavy atom. The Kier molecular flexibility index (Phi) is 4.03. The first-order chi connectivity index (χ1) is 12.0. The third-order valence-corrected chi connectivity index (χ3v) is 4.98. The summed E-state index contributed by atoms with van der Waals surface area (Å²) >= 11 is 0. The van der Waals surface area contributed by atoms with Gasteiger partial charge in [0.25, 0.3) is 0 Å². The third kappa shape index (κ3) is 3.16. The molecule has 1 unspecified atom stereocenters. The zero-order chi connectivity index (χ0) is 17.6. The molecule has 0 radical (unpaired) electrons. The molecule has 7 heteroatoms. The van der Waals surface area contributed by atoms with Crippen LogP contribution in [0.1, 0.15) is 37.1 Å². The van der Waals surface area contributed by atoms with E-state index in [1.165, 1.54) is 18.9 Å². The molecular formula is C18H20F2N4O. The molecule has 25 heavy (non-hydrogen) atoms. The summed E-state index contributed by atoms with van der Waals surface area (Å²) in [6.45, 7) is 3.75. The number of aromatic nitrogens is 2. The molecular weight excluding hydrogens is 326 g/mol. The first-order valence-corrected chi connectivity index (χ1v) is 8.58. The molecule has 5 nitrogen and oxygen atoms in total. The van der Waals surface area contributed by atoms with Crippen molar-refractivity contribution in [3.63, 3.8) is 0 Å². The van der Waals surface area contributed by atoms with Crippen molar-refractivity contribution in [2.75, 3.05) is 11.9 Å². The van der Waals surface area contributed by atoms with E-state index in [1.807, 2.05) is 9.58 Å². The molecule has 1 aromatic carbocycles. The van der Waals surface area contributed by atoms with Gasteiger partial charge in [-0.15, -0.1) is 0 Å². The van der Waals surface area contributed by atoms with E-state index in [0.717, 1.165) is 23.5 Å². The van der Waals surface area contributed by atoms with Gasteiger partial charge in [0.1, 0.15) is 17.3 Å². The van der Waals surface area contributed by atoms with Crippen molar-refractivity contribution < 1.29 is 13.6 Å². The van der Waals surface area contributed by atoms with E-state index in [0.29, 0.717) is 25.6 Å². The molecule has 1 aliphatic carbocycles. The standard InChI is InChI=1S/C18H20F2N4O/c1-11(18(25)21-17-14(19)3-2-4-15(17)20)23-7-8-24-13(10-23)9-16(22-24)12-5-6-12/h2-4,9,11-12H,5-8,10H2,1H3,(H,21,25). The fourth-order valence-electron chi connectivity index (χ4n) is 3.23. The van der Waals surface area contributed by atoms with Crippen molar-refractivity contribution in [1.29, 1.82) is 0 Å². The summed E-state index contributed by atoms with van der Waals surface area (Å²) in [5, 5.41) is 7.01. The highest BCUT2D eigenvalue weighted by Gasteiger charge is 2.31. The van der Waals surface area contributed by atoms with Gasteiger partial charge in [0.15, 0.2) is 0 Å². The van der Waals surface area contributed by atoms with Gasteiger partial charge >= 0.3 is 0 Å². The van der Waals surface area contributed by atoms with Crippen LogP contribution in [0.2, 0.25) is 0 Å². The maximum atomic E-state index is 13.7. The first kappa shape index (κ1) is 16.2. The predicted octanol–water partition coefficient (Wildman–Crippen LogP) is 2.88. The number of benzene rings is 1. The maximum Gasteiger partial charge on any atom is 0.241 e. The number of para-hydroxylation sites is 1. The lowest BCUT2D eigenvalue weighted by atomic mass is 10.2. The van der Waals surface area contributed by atoms with Gasteiger partial charge < -0.3 is 5.32 Å². The molecule has 1 saturated carbocycles. The van der Waals surface area contributed by atoms with Crippen LogP contribution < -0.4 is 5.32 Å². The van der Waals surface area contributed by atoms with Crippen molar-refractivity contribution in [2.24, 2.45) is 0 Å². The summed E-state index contributed by atoms with van der Waals surface area (Å²) in [6, 6.07) is 5.15. The molecule has 132 valence electrons. The van der Waals surface area contributed by atoms with Crippen LogP contribution in [-0.4, -0.2) is 33.2 Å². The zero-order valence-electron chi connectivity index (χ0n) is 14.0. The van der Waals surface area contributed by atoms with E-state index >= 15 is 0 Å². The van der Waals surface area contributed by atoms with Crippen molar-refractivity contribution in [3.05, 3.63) is 47.3 Å². The number of rotatable bonds is 4. The Balaban J connectivity index is 1.45. The number of carbonyl (C=O) groups is 1. The van der Waals surface area contributed by atoms with Gasteiger partial charge in [0.05, 0.1) is 24.0 Å². The zero-order valence-corrected chi connectivity index (χ0v) is 14.0. The van der Waals surface area contributed by atoms with Gasteiger partial charge in [-0.1, -0.05) is 6.07 Å². The van der Waals surface area contributed by atoms with Crippen LogP contribution in [0.4, 0.5) is 14.5 Å². The summed E-state index contributed by atoms with van der Waals surface area (Å²) < 4.78 is 29.4. The van der Waals surface area contributed by atoms with Gasteiger partial charge in [-0.05, 0) is 38.0 Å². The van der Waals surface area contributed by atoms with Crippen molar-refractivity contribution in [1.82, 2.24) is 14.7 Å². The van der Waals surface area contributed by atoms with E-state index < -0.39 is 29.3 Å². The molecule has 0 saturated heterocycles. The number of fused-ring (bicyclic) bond motifs is 1. The smallest absolute Gasteiger partial charge is 0.241 e. The molecule has 1 aromatic heterocycles. The topological polar surface area (TPSA) is 50.2 Å². The van der Waals surface area contributed by atoms with E-state index in [2.05, 4.69) is 16.5 Å². The molecule has 0 spiro atoms. The fraction of sp³-hybridized carbons (Fsp3) is 0.444. The molecule has 4 rings (SSSR count). The Bertz CT molecular complexity index is 795. The second kappa shape index (κ2) is 6.22. The number of nitrogens with zero attached hydrogens (tertiary/aromatic N) is 3. The summed E-state index contributed by atoms with van der Waals surface area (Å²) in [5.41, 5.74) is 1.84. The van der Waals surface area contributed by atoms with Gasteiger partial charge in [0, 0.05) is 19.0 Å². The highest BCUT2D eigenvalue weighted by Crippen LogP contribution is 2.39. The molecule has 1 N–H and O–H groups in total. The van der Waals surface area contributed by atoms with Crippen molar-refractivity contribution in [3.8, 4) is 0 Å². The molecule has 1 aliphatic heterocycles. The maximum absolute atomic E-state index is 13.7. The van der Waals surface area contributed by atoms with Gasteiger partial charge in [-0.3, -0.25) is 14.4 Å². The predicted molar refractivity (Wildman–Crippen MR) is 89.1 cm³/mol. The number of hydrogen-bond donors (Lipinski definition) is 1. The summed E-state index contributed by atoms with van der Waals surface area (Å²) in [6.07, 6.45) is 2.40. The SMILES string of the molecule is CC(C(=O)Nc1c(F)cccc1F)N1CCn2nc(C3CC3)cc2C1. The molecule has 1 fully saturated rings. The average Bonchev–Trinajstić information content (AvgIpc) is 3.36. The molecule has 1 atom stereocenters. The van der Waals surface area contributed by atoms with E-state index in [-0.39, 0.29) is 0 Å². The van der Waals surface area contributed by atoms with Crippen LogP contribution >= 0.6 is 0 Å². The Labute approximate surface area is 144 Å². The molecule has 1 amide bonds. The lowest BCUT2D eigenvalue weighted by molar-refractivity contribution is -0.121. The number of nitrogens with one attached hydrogen (secondary N) is 1. The molecule has 0 bridgehead atoms. The third-order valence-electron chi connectivity index (χ3n) is 4.98. The minimum absolute atomic E-state index is 0.391. The van der Waals surface area contributed by atoms with Crippen LogP contribution in [0.25, 0.3) is 0 Å².